The van der Waals surface area contributed by atoms with Crippen LogP contribution in [0.5, 0.6) is 5.75 Å². The van der Waals surface area contributed by atoms with E-state index in [1.54, 1.807) is 16.8 Å². The minimum Gasteiger partial charge on any atom is -0.494 e. The highest BCUT2D eigenvalue weighted by Crippen LogP contribution is 2.21. The van der Waals surface area contributed by atoms with Gasteiger partial charge in [-0.05, 0) is 56.8 Å². The molecule has 4 aromatic rings. The van der Waals surface area contributed by atoms with Crippen molar-refractivity contribution in [2.75, 3.05) is 44.8 Å². The molecule has 162 valence electrons. The number of nitrogens with one attached hydrogen (secondary N) is 1. The second kappa shape index (κ2) is 9.53. The van der Waals surface area contributed by atoms with Crippen LogP contribution in [-0.4, -0.2) is 53.3 Å². The molecule has 0 aliphatic heterocycles. The van der Waals surface area contributed by atoms with E-state index in [4.69, 9.17) is 14.9 Å². The second-order valence-corrected chi connectivity index (χ2v) is 7.68. The van der Waals surface area contributed by atoms with Crippen molar-refractivity contribution in [3.8, 4) is 17.3 Å². The predicted octanol–water partition coefficient (Wildman–Crippen LogP) is 3.56. The van der Waals surface area contributed by atoms with Crippen molar-refractivity contribution in [1.82, 2.24) is 19.5 Å². The molecule has 3 heterocycles. The number of hydrogen-bond donors (Lipinski definition) is 2. The Labute approximate surface area is 181 Å². The fourth-order valence-corrected chi connectivity index (χ4v) is 3.30. The number of fused-ring (bicyclic) bond motifs is 1. The van der Waals surface area contributed by atoms with Gasteiger partial charge in [-0.25, -0.2) is 4.98 Å². The zero-order valence-corrected chi connectivity index (χ0v) is 17.9. The lowest BCUT2D eigenvalue weighted by Gasteiger charge is -2.11. The number of anilines is 2. The van der Waals surface area contributed by atoms with Crippen LogP contribution in [0.15, 0.2) is 59.2 Å². The molecular weight excluding hydrogens is 392 g/mol. The first-order valence-electron chi connectivity index (χ1n) is 10.4. The lowest BCUT2D eigenvalue weighted by Crippen LogP contribution is -2.15. The summed E-state index contributed by atoms with van der Waals surface area (Å²) in [7, 11) is 4.14. The summed E-state index contributed by atoms with van der Waals surface area (Å²) in [6, 6.07) is 15.7. The molecule has 0 amide bonds. The highest BCUT2D eigenvalue weighted by atomic mass is 16.5. The summed E-state index contributed by atoms with van der Waals surface area (Å²) in [5.41, 5.74) is 8.98. The van der Waals surface area contributed by atoms with Crippen LogP contribution in [0.4, 0.5) is 11.5 Å². The van der Waals surface area contributed by atoms with Crippen LogP contribution >= 0.6 is 0 Å². The Morgan fingerprint density at radius 1 is 1.16 bits per heavy atom. The van der Waals surface area contributed by atoms with E-state index < -0.39 is 0 Å². The molecular formula is C23H28N6O2. The van der Waals surface area contributed by atoms with E-state index in [1.807, 2.05) is 30.3 Å². The van der Waals surface area contributed by atoms with Crippen molar-refractivity contribution in [2.45, 2.75) is 12.8 Å². The minimum absolute atomic E-state index is 0.512. The third kappa shape index (κ3) is 5.35. The van der Waals surface area contributed by atoms with Crippen LogP contribution in [0.1, 0.15) is 12.0 Å². The standard InChI is InChI=1S/C23H28N6O2/c1-28(2)12-4-14-30-19-8-6-17(7-9-19)10-11-25-18-15-21(24)29-22(16-18)26-23(27-29)20-5-3-13-31-20/h3,5-9,13,15-16,25H,4,10-12,14,24H2,1-2H3. The topological polar surface area (TPSA) is 93.8 Å². The van der Waals surface area contributed by atoms with E-state index in [0.29, 0.717) is 23.0 Å². The number of rotatable bonds is 10. The zero-order valence-electron chi connectivity index (χ0n) is 17.9. The Hall–Kier alpha value is -3.52. The molecule has 0 saturated heterocycles. The molecule has 8 heteroatoms. The second-order valence-electron chi connectivity index (χ2n) is 7.68. The Morgan fingerprint density at radius 2 is 2.00 bits per heavy atom. The summed E-state index contributed by atoms with van der Waals surface area (Å²) in [5, 5.41) is 7.83. The fraction of sp³-hybridized carbons (Fsp3) is 0.304. The Balaban J connectivity index is 1.31. The third-order valence-corrected chi connectivity index (χ3v) is 4.89. The van der Waals surface area contributed by atoms with Gasteiger partial charge in [0.25, 0.3) is 0 Å². The molecule has 4 rings (SSSR count). The summed E-state index contributed by atoms with van der Waals surface area (Å²) in [5.74, 6) is 2.55. The number of aromatic nitrogens is 3. The number of nitrogen functional groups attached to an aromatic ring is 1. The first kappa shape index (κ1) is 20.7. The zero-order chi connectivity index (χ0) is 21.6. The largest absolute Gasteiger partial charge is 0.494 e. The van der Waals surface area contributed by atoms with Crippen molar-refractivity contribution < 1.29 is 9.15 Å². The van der Waals surface area contributed by atoms with Crippen LogP contribution in [-0.2, 0) is 6.42 Å². The van der Waals surface area contributed by atoms with E-state index in [-0.39, 0.29) is 0 Å². The molecule has 3 aromatic heterocycles. The van der Waals surface area contributed by atoms with E-state index in [1.165, 1.54) is 5.56 Å². The number of hydrogen-bond acceptors (Lipinski definition) is 7. The van der Waals surface area contributed by atoms with Gasteiger partial charge in [0.15, 0.2) is 11.4 Å². The molecule has 0 aliphatic rings. The van der Waals surface area contributed by atoms with Gasteiger partial charge < -0.3 is 25.1 Å². The first-order valence-corrected chi connectivity index (χ1v) is 10.4. The molecule has 0 aliphatic carbocycles. The molecule has 0 unspecified atom stereocenters. The molecule has 3 N–H and O–H groups in total. The van der Waals surface area contributed by atoms with Crippen molar-refractivity contribution in [3.05, 3.63) is 60.4 Å². The average molecular weight is 421 g/mol. The summed E-state index contributed by atoms with van der Waals surface area (Å²) in [4.78, 5) is 6.67. The van der Waals surface area contributed by atoms with Crippen molar-refractivity contribution in [2.24, 2.45) is 0 Å². The van der Waals surface area contributed by atoms with Crippen LogP contribution in [0.3, 0.4) is 0 Å². The van der Waals surface area contributed by atoms with Crippen molar-refractivity contribution >= 4 is 17.2 Å². The Bertz CT molecular complexity index is 1100. The lowest BCUT2D eigenvalue weighted by molar-refractivity contribution is 0.281. The Morgan fingerprint density at radius 3 is 2.74 bits per heavy atom. The SMILES string of the molecule is CN(C)CCCOc1ccc(CCNc2cc(N)n3nc(-c4ccco4)nc3c2)cc1. The molecule has 0 radical (unpaired) electrons. The number of ether oxygens (including phenoxy) is 1. The van der Waals surface area contributed by atoms with Crippen molar-refractivity contribution in [1.29, 1.82) is 0 Å². The molecule has 31 heavy (non-hydrogen) atoms. The number of benzene rings is 1. The maximum atomic E-state index is 6.16. The molecule has 0 bridgehead atoms. The van der Waals surface area contributed by atoms with E-state index in [9.17, 15) is 0 Å². The monoisotopic (exact) mass is 420 g/mol. The van der Waals surface area contributed by atoms with E-state index >= 15 is 0 Å². The molecule has 0 atom stereocenters. The van der Waals surface area contributed by atoms with Gasteiger partial charge >= 0.3 is 0 Å². The van der Waals surface area contributed by atoms with Gasteiger partial charge in [-0.15, -0.1) is 5.10 Å². The van der Waals surface area contributed by atoms with Gasteiger partial charge in [-0.2, -0.15) is 4.52 Å². The van der Waals surface area contributed by atoms with Crippen LogP contribution in [0, 0.1) is 0 Å². The van der Waals surface area contributed by atoms with Gasteiger partial charge in [0.05, 0.1) is 12.9 Å². The summed E-state index contributed by atoms with van der Waals surface area (Å²) in [6.07, 6.45) is 3.50. The number of nitrogens with zero attached hydrogens (tertiary/aromatic N) is 4. The molecule has 1 aromatic carbocycles. The molecule has 0 spiro atoms. The van der Waals surface area contributed by atoms with Gasteiger partial charge in [-0.1, -0.05) is 12.1 Å². The Kier molecular flexibility index (Phi) is 6.37. The van der Waals surface area contributed by atoms with Crippen LogP contribution < -0.4 is 15.8 Å². The van der Waals surface area contributed by atoms with E-state index in [0.717, 1.165) is 44.0 Å². The smallest absolute Gasteiger partial charge is 0.217 e. The maximum Gasteiger partial charge on any atom is 0.217 e. The van der Waals surface area contributed by atoms with Gasteiger partial charge in [0.1, 0.15) is 11.6 Å². The van der Waals surface area contributed by atoms with Gasteiger partial charge in [0, 0.05) is 30.9 Å². The summed E-state index contributed by atoms with van der Waals surface area (Å²) < 4.78 is 12.8. The third-order valence-electron chi connectivity index (χ3n) is 4.89. The number of pyridine rings is 1. The molecule has 8 nitrogen and oxygen atoms in total. The predicted molar refractivity (Wildman–Crippen MR) is 122 cm³/mol. The average Bonchev–Trinajstić information content (AvgIpc) is 3.42. The minimum atomic E-state index is 0.512. The molecule has 0 fully saturated rings. The lowest BCUT2D eigenvalue weighted by atomic mass is 10.1. The quantitative estimate of drug-likeness (QED) is 0.379. The summed E-state index contributed by atoms with van der Waals surface area (Å²) in [6.45, 7) is 2.53. The van der Waals surface area contributed by atoms with Crippen molar-refractivity contribution in [3.63, 3.8) is 0 Å². The fourth-order valence-electron chi connectivity index (χ4n) is 3.30. The number of nitrogens with two attached hydrogens (primary N) is 1. The highest BCUT2D eigenvalue weighted by molar-refractivity contribution is 5.63. The van der Waals surface area contributed by atoms with E-state index in [2.05, 4.69) is 46.5 Å². The van der Waals surface area contributed by atoms with Crippen LogP contribution in [0.2, 0.25) is 0 Å². The number of furan rings is 1. The highest BCUT2D eigenvalue weighted by Gasteiger charge is 2.11. The van der Waals surface area contributed by atoms with Gasteiger partial charge in [-0.3, -0.25) is 0 Å². The van der Waals surface area contributed by atoms with Gasteiger partial charge in [0.2, 0.25) is 5.82 Å². The van der Waals surface area contributed by atoms with Crippen LogP contribution in [0.25, 0.3) is 17.2 Å². The maximum absolute atomic E-state index is 6.16. The summed E-state index contributed by atoms with van der Waals surface area (Å²) >= 11 is 0. The normalized spacial score (nSPS) is 11.3. The molecule has 0 saturated carbocycles. The first-order chi connectivity index (χ1) is 15.1.